The SMILES string of the molecule is C[N+](C)([O-])CCCn1ncc2c(c1=O)S(=O)(=O)c1ccccc1N2. The van der Waals surface area contributed by atoms with Crippen LogP contribution in [0, 0.1) is 5.21 Å². The Bertz CT molecular complexity index is 945. The fourth-order valence-electron chi connectivity index (χ4n) is 2.64. The van der Waals surface area contributed by atoms with Crippen molar-refractivity contribution in [2.45, 2.75) is 22.8 Å². The van der Waals surface area contributed by atoms with E-state index in [0.29, 0.717) is 18.7 Å². The summed E-state index contributed by atoms with van der Waals surface area (Å²) in [6.45, 7) is 0.492. The molecule has 2 aromatic rings. The van der Waals surface area contributed by atoms with Gasteiger partial charge in [0.15, 0.2) is 4.90 Å². The molecule has 0 radical (unpaired) electrons. The van der Waals surface area contributed by atoms with Crippen molar-refractivity contribution >= 4 is 21.2 Å². The molecule has 8 nitrogen and oxygen atoms in total. The van der Waals surface area contributed by atoms with Gasteiger partial charge in [0, 0.05) is 6.42 Å². The Kier molecular flexibility index (Phi) is 3.94. The number of aromatic nitrogens is 2. The van der Waals surface area contributed by atoms with E-state index in [2.05, 4.69) is 10.4 Å². The van der Waals surface area contributed by atoms with Crippen LogP contribution in [-0.2, 0) is 16.4 Å². The standard InChI is InChI=1S/C15H18N4O4S/c1-19(2,21)9-5-8-18-15(20)14-12(10-16-18)17-11-6-3-4-7-13(11)24(14,22)23/h3-4,6-7,10,17H,5,8-9H2,1-2H3. The third-order valence-electron chi connectivity index (χ3n) is 3.78. The van der Waals surface area contributed by atoms with Crippen molar-refractivity contribution in [3.8, 4) is 0 Å². The lowest BCUT2D eigenvalue weighted by molar-refractivity contribution is -0.840. The number of hydroxylamine groups is 3. The summed E-state index contributed by atoms with van der Waals surface area (Å²) < 4.78 is 26.2. The molecule has 1 aliphatic heterocycles. The van der Waals surface area contributed by atoms with Crippen molar-refractivity contribution in [3.05, 3.63) is 46.0 Å². The van der Waals surface area contributed by atoms with E-state index in [-0.39, 0.29) is 22.0 Å². The minimum atomic E-state index is -3.91. The molecule has 0 amide bonds. The van der Waals surface area contributed by atoms with Crippen LogP contribution in [0.1, 0.15) is 6.42 Å². The van der Waals surface area contributed by atoms with E-state index in [0.717, 1.165) is 4.68 Å². The smallest absolute Gasteiger partial charge is 0.288 e. The average Bonchev–Trinajstić information content (AvgIpc) is 2.48. The van der Waals surface area contributed by atoms with Crippen LogP contribution in [0.15, 0.2) is 45.0 Å². The second kappa shape index (κ2) is 5.69. The van der Waals surface area contributed by atoms with Gasteiger partial charge in [-0.05, 0) is 12.1 Å². The number of hydrogen-bond acceptors (Lipinski definition) is 6. The zero-order valence-electron chi connectivity index (χ0n) is 13.4. The van der Waals surface area contributed by atoms with Crippen LogP contribution < -0.4 is 10.9 Å². The monoisotopic (exact) mass is 350 g/mol. The number of para-hydroxylation sites is 1. The van der Waals surface area contributed by atoms with Crippen LogP contribution in [0.2, 0.25) is 0 Å². The second-order valence-corrected chi connectivity index (χ2v) is 8.05. The van der Waals surface area contributed by atoms with Crippen LogP contribution >= 0.6 is 0 Å². The summed E-state index contributed by atoms with van der Waals surface area (Å²) in [6, 6.07) is 6.42. The van der Waals surface area contributed by atoms with E-state index in [1.165, 1.54) is 26.4 Å². The van der Waals surface area contributed by atoms with Crippen molar-refractivity contribution in [1.29, 1.82) is 0 Å². The van der Waals surface area contributed by atoms with E-state index < -0.39 is 20.0 Å². The predicted octanol–water partition coefficient (Wildman–Crippen LogP) is 1.10. The van der Waals surface area contributed by atoms with E-state index in [1.807, 2.05) is 0 Å². The van der Waals surface area contributed by atoms with E-state index >= 15 is 0 Å². The first-order valence-corrected chi connectivity index (χ1v) is 8.94. The highest BCUT2D eigenvalue weighted by Crippen LogP contribution is 2.36. The maximum Gasteiger partial charge on any atom is 0.288 e. The van der Waals surface area contributed by atoms with Gasteiger partial charge in [-0.1, -0.05) is 12.1 Å². The average molecular weight is 350 g/mol. The maximum absolute atomic E-state index is 12.8. The van der Waals surface area contributed by atoms with Crippen LogP contribution in [0.5, 0.6) is 0 Å². The van der Waals surface area contributed by atoms with Gasteiger partial charge in [0.25, 0.3) is 5.56 Å². The van der Waals surface area contributed by atoms with Gasteiger partial charge >= 0.3 is 0 Å². The van der Waals surface area contributed by atoms with Crippen molar-refractivity contribution in [2.75, 3.05) is 26.0 Å². The van der Waals surface area contributed by atoms with Crippen molar-refractivity contribution in [1.82, 2.24) is 9.78 Å². The van der Waals surface area contributed by atoms with Crippen LogP contribution in [-0.4, -0.2) is 43.5 Å². The van der Waals surface area contributed by atoms with E-state index in [4.69, 9.17) is 0 Å². The molecule has 0 saturated carbocycles. The number of fused-ring (bicyclic) bond motifs is 2. The Labute approximate surface area is 139 Å². The highest BCUT2D eigenvalue weighted by Gasteiger charge is 2.33. The van der Waals surface area contributed by atoms with Gasteiger partial charge in [0.1, 0.15) is 0 Å². The van der Waals surface area contributed by atoms with Gasteiger partial charge in [-0.15, -0.1) is 0 Å². The number of quaternary nitrogens is 1. The molecule has 128 valence electrons. The molecule has 0 unspecified atom stereocenters. The van der Waals surface area contributed by atoms with Gasteiger partial charge in [0.2, 0.25) is 9.84 Å². The highest BCUT2D eigenvalue weighted by atomic mass is 32.2. The Morgan fingerprint density at radius 3 is 2.67 bits per heavy atom. The number of aryl methyl sites for hydroxylation is 1. The molecule has 0 fully saturated rings. The second-order valence-electron chi connectivity index (χ2n) is 6.19. The molecule has 3 rings (SSSR count). The number of benzene rings is 1. The molecule has 1 N–H and O–H groups in total. The number of nitrogens with zero attached hydrogens (tertiary/aromatic N) is 3. The summed E-state index contributed by atoms with van der Waals surface area (Å²) in [6.07, 6.45) is 1.76. The van der Waals surface area contributed by atoms with Gasteiger partial charge in [-0.2, -0.15) is 5.10 Å². The maximum atomic E-state index is 12.8. The molecular formula is C15H18N4O4S. The predicted molar refractivity (Wildman–Crippen MR) is 88.6 cm³/mol. The third-order valence-corrected chi connectivity index (χ3v) is 5.65. The fraction of sp³-hybridized carbons (Fsp3) is 0.333. The summed E-state index contributed by atoms with van der Waals surface area (Å²) in [4.78, 5) is 12.4. The first-order chi connectivity index (χ1) is 11.2. The Morgan fingerprint density at radius 1 is 1.25 bits per heavy atom. The number of rotatable bonds is 4. The lowest BCUT2D eigenvalue weighted by Gasteiger charge is -2.33. The molecule has 0 atom stereocenters. The highest BCUT2D eigenvalue weighted by molar-refractivity contribution is 7.92. The zero-order valence-corrected chi connectivity index (χ0v) is 14.2. The van der Waals surface area contributed by atoms with Crippen molar-refractivity contribution in [3.63, 3.8) is 0 Å². The molecule has 1 aliphatic rings. The van der Waals surface area contributed by atoms with Crippen LogP contribution in [0.3, 0.4) is 0 Å². The van der Waals surface area contributed by atoms with Crippen molar-refractivity contribution < 1.29 is 13.1 Å². The third kappa shape index (κ3) is 2.93. The molecule has 0 spiro atoms. The molecule has 2 heterocycles. The van der Waals surface area contributed by atoms with Gasteiger partial charge < -0.3 is 15.2 Å². The summed E-state index contributed by atoms with van der Waals surface area (Å²) in [7, 11) is -0.893. The number of hydrogen-bond donors (Lipinski definition) is 1. The zero-order chi connectivity index (χ0) is 17.5. The quantitative estimate of drug-likeness (QED) is 0.558. The lowest BCUT2D eigenvalue weighted by atomic mass is 10.3. The molecule has 0 bridgehead atoms. The molecule has 0 saturated heterocycles. The molecule has 1 aromatic heterocycles. The van der Waals surface area contributed by atoms with E-state index in [9.17, 15) is 18.4 Å². The summed E-state index contributed by atoms with van der Waals surface area (Å²) in [5.74, 6) is 0. The van der Waals surface area contributed by atoms with Crippen LogP contribution in [0.4, 0.5) is 11.4 Å². The first-order valence-electron chi connectivity index (χ1n) is 7.45. The van der Waals surface area contributed by atoms with Gasteiger partial charge in [0.05, 0.1) is 49.7 Å². The van der Waals surface area contributed by atoms with Crippen LogP contribution in [0.25, 0.3) is 0 Å². The number of nitrogens with one attached hydrogen (secondary N) is 1. The van der Waals surface area contributed by atoms with Crippen molar-refractivity contribution in [2.24, 2.45) is 0 Å². The normalized spacial score (nSPS) is 15.3. The molecule has 24 heavy (non-hydrogen) atoms. The summed E-state index contributed by atoms with van der Waals surface area (Å²) in [5, 5.41) is 18.5. The summed E-state index contributed by atoms with van der Waals surface area (Å²) >= 11 is 0. The minimum Gasteiger partial charge on any atom is -0.633 e. The largest absolute Gasteiger partial charge is 0.633 e. The lowest BCUT2D eigenvalue weighted by Crippen LogP contribution is -2.36. The Morgan fingerprint density at radius 2 is 1.96 bits per heavy atom. The molecular weight excluding hydrogens is 332 g/mol. The first kappa shape index (κ1) is 16.6. The summed E-state index contributed by atoms with van der Waals surface area (Å²) in [5.41, 5.74) is -0.0741. The Hall–Kier alpha value is -2.23. The Balaban J connectivity index is 2.00. The number of sulfone groups is 1. The minimum absolute atomic E-state index is 0.0738. The molecule has 1 aromatic carbocycles. The molecule has 0 aliphatic carbocycles. The van der Waals surface area contributed by atoms with Gasteiger partial charge in [-0.3, -0.25) is 4.79 Å². The van der Waals surface area contributed by atoms with E-state index in [1.54, 1.807) is 18.2 Å². The van der Waals surface area contributed by atoms with Gasteiger partial charge in [-0.25, -0.2) is 13.1 Å². The number of anilines is 2. The fourth-order valence-corrected chi connectivity index (χ4v) is 4.25. The molecule has 9 heteroatoms. The topological polar surface area (TPSA) is 104 Å².